The lowest BCUT2D eigenvalue weighted by Gasteiger charge is -2.43. The Morgan fingerprint density at radius 2 is 1.50 bits per heavy atom. The van der Waals surface area contributed by atoms with Crippen molar-refractivity contribution in [1.29, 1.82) is 0 Å². The topological polar surface area (TPSA) is 124 Å². The summed E-state index contributed by atoms with van der Waals surface area (Å²) in [5.74, 6) is 7.23. The average Bonchev–Trinajstić information content (AvgIpc) is 3.13. The molecular weight excluding hydrogens is 652 g/mol. The summed E-state index contributed by atoms with van der Waals surface area (Å²) in [5.41, 5.74) is 5.26. The van der Waals surface area contributed by atoms with Gasteiger partial charge in [-0.25, -0.2) is 4.79 Å². The number of hydrogen-bond donors (Lipinski definition) is 3. The summed E-state index contributed by atoms with van der Waals surface area (Å²) in [6, 6.07) is 0.349. The fraction of sp³-hybridized carbons (Fsp3) is 0.886. The van der Waals surface area contributed by atoms with E-state index in [1.165, 1.54) is 19.3 Å². The van der Waals surface area contributed by atoms with Crippen molar-refractivity contribution in [1.82, 2.24) is 0 Å². The second kappa shape index (κ2) is 29.6. The van der Waals surface area contributed by atoms with Crippen molar-refractivity contribution >= 4 is 11.7 Å². The maximum Gasteiger partial charge on any atom is 0.185 e. The molecule has 3 unspecified atom stereocenters. The Labute approximate surface area is 323 Å². The van der Waals surface area contributed by atoms with E-state index in [2.05, 4.69) is 72.2 Å². The van der Waals surface area contributed by atoms with Gasteiger partial charge in [-0.15, -0.1) is 11.8 Å². The maximum atomic E-state index is 11.9. The molecule has 310 valence electrons. The second-order valence-corrected chi connectivity index (χ2v) is 15.0. The van der Waals surface area contributed by atoms with Crippen LogP contribution >= 0.6 is 0 Å². The van der Waals surface area contributed by atoms with Crippen LogP contribution in [0.2, 0.25) is 0 Å². The van der Waals surface area contributed by atoms with Gasteiger partial charge in [0, 0.05) is 38.9 Å². The number of nitrogens with zero attached hydrogens (tertiary/aromatic N) is 1. The molecular formula is C44H88N2O6. The van der Waals surface area contributed by atoms with Crippen molar-refractivity contribution in [2.45, 2.75) is 199 Å². The number of ether oxygens (including phenoxy) is 3. The smallest absolute Gasteiger partial charge is 0.185 e. The Hall–Kier alpha value is -1.72. The first-order valence-corrected chi connectivity index (χ1v) is 20.2. The van der Waals surface area contributed by atoms with Crippen LogP contribution in [-0.2, 0) is 19.0 Å². The standard InChI is InChI=1S/C25H45NO6.C11H25N.C4H6.2C2H6/c1-11-20-25(7,29)23(28)18(5)21(26-8)15(2)12-24(6,31-10)13-16(3)22(30-9)17(4)19(14-27)32-20;1-6-8-11(5,7-2)10(12)9(3)4;1-3-4-2;2*1-2/h15-18,20,22-23,28-29H,11-13H2,1-10H3;9-10H,6-8,12H2,1-5H3;1-2H3;2*1-2H3/t15-,16-,17?,18?,20-,22+,23?,24-,25-;10-,11+;;;/m10.../s1. The van der Waals surface area contributed by atoms with Gasteiger partial charge in [-0.2, -0.15) is 0 Å². The third kappa shape index (κ3) is 18.1. The Kier molecular flexibility index (Phi) is 32.5. The maximum absolute atomic E-state index is 11.9. The van der Waals surface area contributed by atoms with Crippen molar-refractivity contribution < 1.29 is 29.2 Å². The molecule has 0 amide bonds. The van der Waals surface area contributed by atoms with Gasteiger partial charge in [-0.3, -0.25) is 4.99 Å². The lowest BCUT2D eigenvalue weighted by atomic mass is 9.72. The third-order valence-electron chi connectivity index (χ3n) is 10.8. The summed E-state index contributed by atoms with van der Waals surface area (Å²) in [6.45, 7) is 36.2. The summed E-state index contributed by atoms with van der Waals surface area (Å²) in [7, 11) is 5.03. The molecule has 1 aliphatic rings. The van der Waals surface area contributed by atoms with Gasteiger partial charge in [0.1, 0.15) is 11.7 Å². The van der Waals surface area contributed by atoms with Gasteiger partial charge in [0.25, 0.3) is 0 Å². The van der Waals surface area contributed by atoms with Crippen LogP contribution in [0.1, 0.15) is 163 Å². The molecule has 0 aromatic carbocycles. The van der Waals surface area contributed by atoms with E-state index in [9.17, 15) is 15.0 Å². The number of hydrogen-bond acceptors (Lipinski definition) is 8. The molecule has 0 bridgehead atoms. The lowest BCUT2D eigenvalue weighted by molar-refractivity contribution is -0.156. The van der Waals surface area contributed by atoms with Crippen LogP contribution in [0.4, 0.5) is 0 Å². The third-order valence-corrected chi connectivity index (χ3v) is 10.8. The molecule has 0 radical (unpaired) electrons. The number of methoxy groups -OCH3 is 2. The van der Waals surface area contributed by atoms with Crippen LogP contribution < -0.4 is 5.73 Å². The Morgan fingerprint density at radius 1 is 1.00 bits per heavy atom. The molecule has 0 aliphatic carbocycles. The molecule has 0 aromatic rings. The van der Waals surface area contributed by atoms with Crippen molar-refractivity contribution in [3.8, 4) is 11.8 Å². The molecule has 1 rings (SSSR count). The van der Waals surface area contributed by atoms with Gasteiger partial charge < -0.3 is 30.2 Å². The van der Waals surface area contributed by atoms with Crippen LogP contribution in [0.15, 0.2) is 10.8 Å². The van der Waals surface area contributed by atoms with Gasteiger partial charge in [0.05, 0.1) is 23.7 Å². The first kappa shape index (κ1) is 57.0. The predicted molar refractivity (Wildman–Crippen MR) is 224 cm³/mol. The van der Waals surface area contributed by atoms with Gasteiger partial charge in [-0.05, 0) is 83.0 Å². The molecule has 0 spiro atoms. The van der Waals surface area contributed by atoms with Gasteiger partial charge in [0.2, 0.25) is 0 Å². The number of carbonyl (C=O) groups excluding carboxylic acids is 1. The zero-order valence-electron chi connectivity index (χ0n) is 38.0. The van der Waals surface area contributed by atoms with Crippen LogP contribution in [0.25, 0.3) is 0 Å². The van der Waals surface area contributed by atoms with E-state index in [4.69, 9.17) is 19.9 Å². The van der Waals surface area contributed by atoms with Crippen LogP contribution in [0.3, 0.4) is 0 Å². The Balaban J connectivity index is -0.000000475. The zero-order chi connectivity index (χ0) is 42.0. The average molecular weight is 741 g/mol. The molecule has 1 aliphatic heterocycles. The van der Waals surface area contributed by atoms with Gasteiger partial charge >= 0.3 is 0 Å². The number of nitrogens with two attached hydrogens (primary N) is 1. The second-order valence-electron chi connectivity index (χ2n) is 15.0. The van der Waals surface area contributed by atoms with Crippen molar-refractivity contribution in [2.24, 2.45) is 45.7 Å². The number of rotatable bonds is 8. The zero-order valence-corrected chi connectivity index (χ0v) is 38.0. The molecule has 1 fully saturated rings. The molecule has 52 heavy (non-hydrogen) atoms. The highest BCUT2D eigenvalue weighted by molar-refractivity contribution is 5.89. The minimum absolute atomic E-state index is 0.0189. The van der Waals surface area contributed by atoms with Crippen LogP contribution in [0, 0.1) is 46.8 Å². The first-order chi connectivity index (χ1) is 24.2. The van der Waals surface area contributed by atoms with E-state index >= 15 is 0 Å². The highest BCUT2D eigenvalue weighted by Crippen LogP contribution is 2.38. The highest BCUT2D eigenvalue weighted by atomic mass is 16.5. The minimum Gasteiger partial charge on any atom is -0.480 e. The Morgan fingerprint density at radius 3 is 1.83 bits per heavy atom. The van der Waals surface area contributed by atoms with E-state index in [1.54, 1.807) is 28.2 Å². The molecule has 11 atom stereocenters. The van der Waals surface area contributed by atoms with Gasteiger partial charge in [0.15, 0.2) is 11.7 Å². The Bertz CT molecular complexity index is 1040. The van der Waals surface area contributed by atoms with E-state index < -0.39 is 29.3 Å². The quantitative estimate of drug-likeness (QED) is 0.167. The lowest BCUT2D eigenvalue weighted by Crippen LogP contribution is -2.55. The van der Waals surface area contributed by atoms with Crippen LogP contribution in [0.5, 0.6) is 0 Å². The number of aliphatic imine (C=N–C) groups is 1. The molecule has 8 heteroatoms. The van der Waals surface area contributed by atoms with Crippen molar-refractivity contribution in [3.63, 3.8) is 0 Å². The van der Waals surface area contributed by atoms with E-state index in [0.29, 0.717) is 36.6 Å². The highest BCUT2D eigenvalue weighted by Gasteiger charge is 2.46. The normalized spacial score (nSPS) is 32.0. The molecule has 4 N–H and O–H groups in total. The molecule has 1 heterocycles. The van der Waals surface area contributed by atoms with Crippen molar-refractivity contribution in [2.75, 3.05) is 21.3 Å². The van der Waals surface area contributed by atoms with E-state index in [0.717, 1.165) is 5.71 Å². The van der Waals surface area contributed by atoms with E-state index in [-0.39, 0.29) is 29.6 Å². The van der Waals surface area contributed by atoms with Crippen molar-refractivity contribution in [3.05, 3.63) is 5.76 Å². The molecule has 1 saturated heterocycles. The summed E-state index contributed by atoms with van der Waals surface area (Å²) in [4.78, 5) is 16.4. The largest absolute Gasteiger partial charge is 0.480 e. The number of aliphatic hydroxyl groups excluding tert-OH is 1. The van der Waals surface area contributed by atoms with Crippen LogP contribution in [-0.4, -0.2) is 78.7 Å². The SMILES string of the molecule is CC.CC.CC#CC.CCC[C@@](C)(CC)[C@@H](N)C(C)C.CC[C@H]1OC(=C=O)C(C)[C@@H](OC)[C@H](C)C[C@](C)(OC)C[C@@H](C)C(=NC)C(C)C(O)[C@]1(C)O. The summed E-state index contributed by atoms with van der Waals surface area (Å²) < 4.78 is 17.8. The molecule has 0 aromatic heterocycles. The van der Waals surface area contributed by atoms with Gasteiger partial charge in [-0.1, -0.05) is 103 Å². The monoisotopic (exact) mass is 741 g/mol. The molecule has 0 saturated carbocycles. The summed E-state index contributed by atoms with van der Waals surface area (Å²) in [5, 5.41) is 22.6. The summed E-state index contributed by atoms with van der Waals surface area (Å²) >= 11 is 0. The summed E-state index contributed by atoms with van der Waals surface area (Å²) in [6.07, 6.45) is 3.22. The number of aliphatic hydroxyl groups is 2. The van der Waals surface area contributed by atoms with E-state index in [1.807, 2.05) is 68.3 Å². The minimum atomic E-state index is -1.62. The fourth-order valence-electron chi connectivity index (χ4n) is 7.56. The predicted octanol–water partition coefficient (Wildman–Crippen LogP) is 9.71. The first-order valence-electron chi connectivity index (χ1n) is 20.2. The molecule has 8 nitrogen and oxygen atoms in total. The fourth-order valence-corrected chi connectivity index (χ4v) is 7.56.